The molecule has 4 heteroatoms. The molecule has 0 aliphatic carbocycles. The highest BCUT2D eigenvalue weighted by atomic mass is 79.9. The van der Waals surface area contributed by atoms with Gasteiger partial charge in [-0.1, -0.05) is 6.92 Å². The molecule has 0 spiro atoms. The Hall–Kier alpha value is -0.900. The van der Waals surface area contributed by atoms with Gasteiger partial charge in [0.1, 0.15) is 0 Å². The largest absolute Gasteiger partial charge is 0.277 e. The summed E-state index contributed by atoms with van der Waals surface area (Å²) in [6, 6.07) is 4.11. The summed E-state index contributed by atoms with van der Waals surface area (Å²) < 4.78 is 2.65. The van der Waals surface area contributed by atoms with Gasteiger partial charge in [-0.3, -0.25) is 4.40 Å². The molecule has 2 heterocycles. The molecular weight excluding hydrogens is 218 g/mol. The summed E-state index contributed by atoms with van der Waals surface area (Å²) in [5.74, 6) is 0. The van der Waals surface area contributed by atoms with Crippen LogP contribution in [0.3, 0.4) is 0 Å². The van der Waals surface area contributed by atoms with E-state index in [9.17, 15) is 0 Å². The number of hydrogen-bond acceptors (Lipinski definition) is 2. The lowest BCUT2D eigenvalue weighted by atomic mass is 10.2. The van der Waals surface area contributed by atoms with E-state index in [-0.39, 0.29) is 0 Å². The van der Waals surface area contributed by atoms with Gasteiger partial charge in [-0.05, 0) is 40.0 Å². The van der Waals surface area contributed by atoms with Crippen molar-refractivity contribution in [1.29, 1.82) is 0 Å². The van der Waals surface area contributed by atoms with Gasteiger partial charge in [-0.2, -0.15) is 0 Å². The highest BCUT2D eigenvalue weighted by Gasteiger charge is 2.00. The average molecular weight is 226 g/mol. The van der Waals surface area contributed by atoms with Crippen molar-refractivity contribution in [3.63, 3.8) is 0 Å². The van der Waals surface area contributed by atoms with E-state index in [0.717, 1.165) is 16.8 Å². The Morgan fingerprint density at radius 2 is 2.33 bits per heavy atom. The van der Waals surface area contributed by atoms with Crippen LogP contribution in [0.2, 0.25) is 0 Å². The van der Waals surface area contributed by atoms with Crippen molar-refractivity contribution in [2.45, 2.75) is 13.3 Å². The Morgan fingerprint density at radius 1 is 1.50 bits per heavy atom. The molecule has 0 saturated carbocycles. The predicted molar refractivity (Wildman–Crippen MR) is 50.1 cm³/mol. The van der Waals surface area contributed by atoms with Gasteiger partial charge in [-0.25, -0.2) is 0 Å². The first-order valence-corrected chi connectivity index (χ1v) is 4.59. The van der Waals surface area contributed by atoms with Crippen LogP contribution in [0.15, 0.2) is 23.1 Å². The molecule has 12 heavy (non-hydrogen) atoms. The van der Waals surface area contributed by atoms with Crippen LogP contribution in [0.4, 0.5) is 0 Å². The molecule has 0 amide bonds. The smallest absolute Gasteiger partial charge is 0.204 e. The normalized spacial score (nSPS) is 10.8. The fourth-order valence-electron chi connectivity index (χ4n) is 1.12. The van der Waals surface area contributed by atoms with E-state index in [1.807, 2.05) is 16.7 Å². The zero-order valence-corrected chi connectivity index (χ0v) is 8.24. The zero-order chi connectivity index (χ0) is 8.55. The molecule has 0 bridgehead atoms. The number of fused-ring (bicyclic) bond motifs is 1. The summed E-state index contributed by atoms with van der Waals surface area (Å²) in [6.07, 6.45) is 3.00. The number of aryl methyl sites for hydroxylation is 1. The number of nitrogens with zero attached hydrogens (tertiary/aromatic N) is 3. The molecule has 0 fully saturated rings. The van der Waals surface area contributed by atoms with E-state index in [2.05, 4.69) is 39.1 Å². The van der Waals surface area contributed by atoms with Crippen molar-refractivity contribution in [3.05, 3.63) is 28.6 Å². The van der Waals surface area contributed by atoms with Crippen LogP contribution in [0.5, 0.6) is 0 Å². The molecule has 0 aliphatic rings. The Kier molecular flexibility index (Phi) is 1.84. The lowest BCUT2D eigenvalue weighted by Crippen LogP contribution is -1.87. The molecule has 0 atom stereocenters. The Bertz CT molecular complexity index is 408. The first-order valence-electron chi connectivity index (χ1n) is 3.80. The van der Waals surface area contributed by atoms with Crippen LogP contribution in [0.1, 0.15) is 12.5 Å². The Morgan fingerprint density at radius 3 is 3.08 bits per heavy atom. The van der Waals surface area contributed by atoms with Crippen molar-refractivity contribution < 1.29 is 0 Å². The van der Waals surface area contributed by atoms with E-state index in [1.165, 1.54) is 5.56 Å². The molecule has 3 nitrogen and oxygen atoms in total. The molecule has 62 valence electrons. The quantitative estimate of drug-likeness (QED) is 0.744. The summed E-state index contributed by atoms with van der Waals surface area (Å²) >= 11 is 3.30. The molecule has 0 N–H and O–H groups in total. The molecule has 0 saturated heterocycles. The Labute approximate surface area is 78.6 Å². The maximum absolute atomic E-state index is 3.99. The fourth-order valence-corrected chi connectivity index (χ4v) is 1.50. The SMILES string of the molecule is CCc1ccn2c(Br)nnc2c1. The molecule has 0 aromatic carbocycles. The first kappa shape index (κ1) is 7.73. The third kappa shape index (κ3) is 1.12. The minimum absolute atomic E-state index is 0.750. The van der Waals surface area contributed by atoms with Gasteiger partial charge in [0.25, 0.3) is 0 Å². The third-order valence-corrected chi connectivity index (χ3v) is 2.38. The van der Waals surface area contributed by atoms with Crippen LogP contribution >= 0.6 is 15.9 Å². The molecule has 2 aromatic rings. The fraction of sp³-hybridized carbons (Fsp3) is 0.250. The van der Waals surface area contributed by atoms with Gasteiger partial charge in [0.05, 0.1) is 0 Å². The topological polar surface area (TPSA) is 30.2 Å². The van der Waals surface area contributed by atoms with Crippen molar-refractivity contribution in [2.24, 2.45) is 0 Å². The number of halogens is 1. The van der Waals surface area contributed by atoms with Gasteiger partial charge >= 0.3 is 0 Å². The van der Waals surface area contributed by atoms with Crippen molar-refractivity contribution in [1.82, 2.24) is 14.6 Å². The van der Waals surface area contributed by atoms with Crippen molar-refractivity contribution in [3.8, 4) is 0 Å². The summed E-state index contributed by atoms with van der Waals surface area (Å²) in [5, 5.41) is 7.89. The van der Waals surface area contributed by atoms with Crippen LogP contribution < -0.4 is 0 Å². The van der Waals surface area contributed by atoms with Gasteiger partial charge in [0, 0.05) is 6.20 Å². The van der Waals surface area contributed by atoms with Crippen LogP contribution in [0.25, 0.3) is 5.65 Å². The number of hydrogen-bond donors (Lipinski definition) is 0. The molecule has 0 radical (unpaired) electrons. The van der Waals surface area contributed by atoms with Gasteiger partial charge in [0.15, 0.2) is 5.65 Å². The third-order valence-electron chi connectivity index (χ3n) is 1.84. The average Bonchev–Trinajstić information content (AvgIpc) is 2.47. The minimum atomic E-state index is 0.750. The number of aromatic nitrogens is 3. The highest BCUT2D eigenvalue weighted by molar-refractivity contribution is 9.10. The molecular formula is C8H8BrN3. The van der Waals surface area contributed by atoms with Crippen molar-refractivity contribution >= 4 is 21.6 Å². The summed E-state index contributed by atoms with van der Waals surface area (Å²) in [5.41, 5.74) is 2.17. The molecule has 0 unspecified atom stereocenters. The zero-order valence-electron chi connectivity index (χ0n) is 6.66. The van der Waals surface area contributed by atoms with Gasteiger partial charge in [0.2, 0.25) is 4.73 Å². The second kappa shape index (κ2) is 2.86. The highest BCUT2D eigenvalue weighted by Crippen LogP contribution is 2.11. The minimum Gasteiger partial charge on any atom is -0.277 e. The lowest BCUT2D eigenvalue weighted by molar-refractivity contribution is 1.05. The summed E-state index contributed by atoms with van der Waals surface area (Å²) in [6.45, 7) is 2.12. The Balaban J connectivity index is 2.69. The molecule has 2 rings (SSSR count). The predicted octanol–water partition coefficient (Wildman–Crippen LogP) is 2.05. The second-order valence-corrected chi connectivity index (χ2v) is 3.30. The maximum Gasteiger partial charge on any atom is 0.204 e. The monoisotopic (exact) mass is 225 g/mol. The van der Waals surface area contributed by atoms with E-state index in [4.69, 9.17) is 0 Å². The summed E-state index contributed by atoms with van der Waals surface area (Å²) in [7, 11) is 0. The molecule has 2 aromatic heterocycles. The maximum atomic E-state index is 3.99. The van der Waals surface area contributed by atoms with Gasteiger partial charge < -0.3 is 0 Å². The van der Waals surface area contributed by atoms with Crippen LogP contribution in [-0.4, -0.2) is 14.6 Å². The number of pyridine rings is 1. The summed E-state index contributed by atoms with van der Waals surface area (Å²) in [4.78, 5) is 0. The van der Waals surface area contributed by atoms with E-state index in [0.29, 0.717) is 0 Å². The van der Waals surface area contributed by atoms with E-state index in [1.54, 1.807) is 0 Å². The van der Waals surface area contributed by atoms with Gasteiger partial charge in [-0.15, -0.1) is 10.2 Å². The van der Waals surface area contributed by atoms with Crippen LogP contribution in [-0.2, 0) is 6.42 Å². The van der Waals surface area contributed by atoms with E-state index >= 15 is 0 Å². The number of rotatable bonds is 1. The van der Waals surface area contributed by atoms with E-state index < -0.39 is 0 Å². The van der Waals surface area contributed by atoms with Crippen molar-refractivity contribution in [2.75, 3.05) is 0 Å². The molecule has 0 aliphatic heterocycles. The first-order chi connectivity index (χ1) is 5.81. The lowest BCUT2D eigenvalue weighted by Gasteiger charge is -1.96. The second-order valence-electron chi connectivity index (χ2n) is 2.59. The van der Waals surface area contributed by atoms with Crippen LogP contribution in [0, 0.1) is 0 Å². The standard InChI is InChI=1S/C8H8BrN3/c1-2-6-3-4-12-7(5-6)10-11-8(12)9/h3-5H,2H2,1H3.